The number of amides is 1. The maximum atomic E-state index is 12.0. The predicted octanol–water partition coefficient (Wildman–Crippen LogP) is 1.77. The van der Waals surface area contributed by atoms with Gasteiger partial charge in [-0.05, 0) is 24.6 Å². The van der Waals surface area contributed by atoms with E-state index in [4.69, 9.17) is 25.8 Å². The number of benzene rings is 1. The van der Waals surface area contributed by atoms with Crippen molar-refractivity contribution in [2.45, 2.75) is 19.5 Å². The molecule has 0 spiro atoms. The standard InChI is InChI=1S/C15H21ClN2O4.ClH/c1-3-22-14-11(16)6-10(7-13(14)20-2)8-18-15(19)12-9-21-5-4-17-12;/h6-7,12,17H,3-5,8-9H2,1-2H3,(H,18,19);1H. The first-order valence-corrected chi connectivity index (χ1v) is 7.61. The third kappa shape index (κ3) is 5.42. The average Bonchev–Trinajstić information content (AvgIpc) is 2.55. The topological polar surface area (TPSA) is 68.8 Å². The molecule has 1 amide bonds. The van der Waals surface area contributed by atoms with E-state index in [1.807, 2.05) is 13.0 Å². The van der Waals surface area contributed by atoms with Gasteiger partial charge in [-0.3, -0.25) is 4.79 Å². The van der Waals surface area contributed by atoms with Crippen molar-refractivity contribution in [3.8, 4) is 11.5 Å². The molecule has 2 N–H and O–H groups in total. The summed E-state index contributed by atoms with van der Waals surface area (Å²) < 4.78 is 16.0. The number of ether oxygens (including phenoxy) is 3. The summed E-state index contributed by atoms with van der Waals surface area (Å²) in [5.74, 6) is 0.977. The molecule has 1 fully saturated rings. The number of carbonyl (C=O) groups is 1. The van der Waals surface area contributed by atoms with Crippen molar-refractivity contribution in [1.29, 1.82) is 0 Å². The highest BCUT2D eigenvalue weighted by atomic mass is 35.5. The van der Waals surface area contributed by atoms with Crippen LogP contribution in [0.15, 0.2) is 12.1 Å². The van der Waals surface area contributed by atoms with Crippen LogP contribution in [0, 0.1) is 0 Å². The summed E-state index contributed by atoms with van der Waals surface area (Å²) in [5.41, 5.74) is 0.843. The number of rotatable bonds is 6. The Labute approximate surface area is 147 Å². The number of halogens is 2. The van der Waals surface area contributed by atoms with E-state index in [9.17, 15) is 4.79 Å². The van der Waals surface area contributed by atoms with Crippen LogP contribution >= 0.6 is 24.0 Å². The van der Waals surface area contributed by atoms with Gasteiger partial charge in [0, 0.05) is 13.1 Å². The molecule has 1 aromatic rings. The fourth-order valence-electron chi connectivity index (χ4n) is 2.21. The highest BCUT2D eigenvalue weighted by molar-refractivity contribution is 6.32. The largest absolute Gasteiger partial charge is 0.493 e. The zero-order valence-electron chi connectivity index (χ0n) is 13.2. The summed E-state index contributed by atoms with van der Waals surface area (Å²) in [4.78, 5) is 12.0. The van der Waals surface area contributed by atoms with Gasteiger partial charge in [-0.25, -0.2) is 0 Å². The van der Waals surface area contributed by atoms with Crippen molar-refractivity contribution in [2.24, 2.45) is 0 Å². The zero-order valence-corrected chi connectivity index (χ0v) is 14.8. The van der Waals surface area contributed by atoms with E-state index in [-0.39, 0.29) is 24.4 Å². The van der Waals surface area contributed by atoms with Gasteiger partial charge in [-0.15, -0.1) is 12.4 Å². The summed E-state index contributed by atoms with van der Waals surface area (Å²) in [7, 11) is 1.56. The molecule has 0 radical (unpaired) electrons. The molecule has 8 heteroatoms. The van der Waals surface area contributed by atoms with Crippen LogP contribution in [-0.4, -0.2) is 45.4 Å². The van der Waals surface area contributed by atoms with Gasteiger partial charge < -0.3 is 24.8 Å². The molecule has 1 aliphatic rings. The van der Waals surface area contributed by atoms with Crippen LogP contribution in [0.4, 0.5) is 0 Å². The lowest BCUT2D eigenvalue weighted by Gasteiger charge is -2.23. The first-order valence-electron chi connectivity index (χ1n) is 7.23. The molecule has 1 aromatic carbocycles. The molecule has 1 heterocycles. The normalized spacial score (nSPS) is 17.1. The van der Waals surface area contributed by atoms with Gasteiger partial charge in [-0.2, -0.15) is 0 Å². The monoisotopic (exact) mass is 364 g/mol. The van der Waals surface area contributed by atoms with Crippen LogP contribution in [0.3, 0.4) is 0 Å². The molecule has 6 nitrogen and oxygen atoms in total. The number of hydrogen-bond donors (Lipinski definition) is 2. The van der Waals surface area contributed by atoms with Crippen LogP contribution < -0.4 is 20.1 Å². The first kappa shape index (κ1) is 19.8. The molecule has 23 heavy (non-hydrogen) atoms. The third-order valence-corrected chi connectivity index (χ3v) is 3.56. The number of hydrogen-bond acceptors (Lipinski definition) is 5. The van der Waals surface area contributed by atoms with E-state index in [2.05, 4.69) is 10.6 Å². The van der Waals surface area contributed by atoms with Crippen LogP contribution in [0.5, 0.6) is 11.5 Å². The average molecular weight is 365 g/mol. The van der Waals surface area contributed by atoms with Crippen LogP contribution in [0.1, 0.15) is 12.5 Å². The van der Waals surface area contributed by atoms with Gasteiger partial charge in [0.05, 0.1) is 32.0 Å². The van der Waals surface area contributed by atoms with E-state index in [1.54, 1.807) is 13.2 Å². The second kappa shape index (κ2) is 9.82. The van der Waals surface area contributed by atoms with Gasteiger partial charge in [0.15, 0.2) is 11.5 Å². The molecular formula is C15H22Cl2N2O4. The van der Waals surface area contributed by atoms with Crippen molar-refractivity contribution in [1.82, 2.24) is 10.6 Å². The quantitative estimate of drug-likeness (QED) is 0.804. The van der Waals surface area contributed by atoms with E-state index >= 15 is 0 Å². The molecule has 130 valence electrons. The minimum absolute atomic E-state index is 0. The number of carbonyl (C=O) groups excluding carboxylic acids is 1. The highest BCUT2D eigenvalue weighted by Gasteiger charge is 2.21. The van der Waals surface area contributed by atoms with Gasteiger partial charge in [0.25, 0.3) is 0 Å². The van der Waals surface area contributed by atoms with Crippen molar-refractivity contribution in [2.75, 3.05) is 33.5 Å². The molecule has 0 saturated carbocycles. The molecule has 1 aliphatic heterocycles. The van der Waals surface area contributed by atoms with Crippen molar-refractivity contribution >= 4 is 29.9 Å². The van der Waals surface area contributed by atoms with E-state index in [0.717, 1.165) is 5.56 Å². The minimum Gasteiger partial charge on any atom is -0.493 e. The van der Waals surface area contributed by atoms with E-state index in [1.165, 1.54) is 0 Å². The summed E-state index contributed by atoms with van der Waals surface area (Å²) in [6.07, 6.45) is 0. The molecule has 1 unspecified atom stereocenters. The number of morpholine rings is 1. The Hall–Kier alpha value is -1.21. The van der Waals surface area contributed by atoms with Crippen LogP contribution in [-0.2, 0) is 16.1 Å². The maximum Gasteiger partial charge on any atom is 0.239 e. The van der Waals surface area contributed by atoms with Crippen LogP contribution in [0.2, 0.25) is 5.02 Å². The fourth-order valence-corrected chi connectivity index (χ4v) is 2.49. The minimum atomic E-state index is -0.311. The Kier molecular flexibility index (Phi) is 8.47. The third-order valence-electron chi connectivity index (χ3n) is 3.28. The van der Waals surface area contributed by atoms with Gasteiger partial charge in [0.2, 0.25) is 5.91 Å². The van der Waals surface area contributed by atoms with Crippen molar-refractivity contribution in [3.05, 3.63) is 22.7 Å². The second-order valence-electron chi connectivity index (χ2n) is 4.84. The lowest BCUT2D eigenvalue weighted by Crippen LogP contribution is -2.51. The SMILES string of the molecule is CCOc1c(Cl)cc(CNC(=O)C2COCCN2)cc1OC.Cl. The van der Waals surface area contributed by atoms with Crippen molar-refractivity contribution in [3.63, 3.8) is 0 Å². The molecule has 1 atom stereocenters. The Morgan fingerprint density at radius 2 is 2.30 bits per heavy atom. The zero-order chi connectivity index (χ0) is 15.9. The molecule has 0 aromatic heterocycles. The molecule has 1 saturated heterocycles. The molecule has 0 bridgehead atoms. The Morgan fingerprint density at radius 3 is 2.91 bits per heavy atom. The highest BCUT2D eigenvalue weighted by Crippen LogP contribution is 2.36. The van der Waals surface area contributed by atoms with Gasteiger partial charge >= 0.3 is 0 Å². The Balaban J connectivity index is 0.00000264. The fraction of sp³-hybridized carbons (Fsp3) is 0.533. The Morgan fingerprint density at radius 1 is 1.52 bits per heavy atom. The molecular weight excluding hydrogens is 343 g/mol. The second-order valence-corrected chi connectivity index (χ2v) is 5.25. The van der Waals surface area contributed by atoms with Gasteiger partial charge in [0.1, 0.15) is 6.04 Å². The van der Waals surface area contributed by atoms with E-state index < -0.39 is 0 Å². The van der Waals surface area contributed by atoms with Crippen molar-refractivity contribution < 1.29 is 19.0 Å². The Bertz CT molecular complexity index is 522. The summed E-state index contributed by atoms with van der Waals surface area (Å²) >= 11 is 6.21. The van der Waals surface area contributed by atoms with E-state index in [0.29, 0.717) is 49.4 Å². The number of nitrogens with one attached hydrogen (secondary N) is 2. The number of methoxy groups -OCH3 is 1. The summed E-state index contributed by atoms with van der Waals surface area (Å²) in [6, 6.07) is 3.26. The lowest BCUT2D eigenvalue weighted by molar-refractivity contribution is -0.126. The molecule has 0 aliphatic carbocycles. The smallest absolute Gasteiger partial charge is 0.239 e. The predicted molar refractivity (Wildman–Crippen MR) is 90.9 cm³/mol. The summed E-state index contributed by atoms with van der Waals surface area (Å²) in [6.45, 7) is 4.44. The first-order chi connectivity index (χ1) is 10.7. The molecule has 2 rings (SSSR count). The van der Waals surface area contributed by atoms with Gasteiger partial charge in [-0.1, -0.05) is 11.6 Å². The lowest BCUT2D eigenvalue weighted by atomic mass is 10.2. The summed E-state index contributed by atoms with van der Waals surface area (Å²) in [5, 5.41) is 6.43. The maximum absolute atomic E-state index is 12.0. The van der Waals surface area contributed by atoms with Crippen LogP contribution in [0.25, 0.3) is 0 Å².